The Labute approximate surface area is 176 Å². The number of H-pyrrole nitrogens is 1. The quantitative estimate of drug-likeness (QED) is 0.628. The van der Waals surface area contributed by atoms with E-state index in [2.05, 4.69) is 26.2 Å². The maximum atomic E-state index is 10.1. The number of aromatic nitrogens is 3. The third kappa shape index (κ3) is 3.49. The molecule has 0 radical (unpaired) electrons. The Hall–Kier alpha value is -2.11. The minimum Gasteiger partial charge on any atom is -0.372 e. The number of morpholine rings is 1. The fourth-order valence-electron chi connectivity index (χ4n) is 3.37. The van der Waals surface area contributed by atoms with Gasteiger partial charge in [0.25, 0.3) is 0 Å². The molecular weight excluding hydrogens is 417 g/mol. The number of thiophene rings is 1. The predicted molar refractivity (Wildman–Crippen MR) is 112 cm³/mol. The number of hydrogen-bond donors (Lipinski definition) is 1. The van der Waals surface area contributed by atoms with E-state index in [1.54, 1.807) is 12.1 Å². The van der Waals surface area contributed by atoms with Gasteiger partial charge in [0.2, 0.25) is 0 Å². The molecule has 144 valence electrons. The van der Waals surface area contributed by atoms with Crippen LogP contribution >= 0.6 is 34.5 Å². The fraction of sp³-hybridized carbons (Fsp3) is 0.316. The van der Waals surface area contributed by atoms with Crippen molar-refractivity contribution in [1.29, 1.82) is 5.26 Å². The van der Waals surface area contributed by atoms with Crippen molar-refractivity contribution in [3.8, 4) is 27.9 Å². The van der Waals surface area contributed by atoms with Gasteiger partial charge < -0.3 is 14.6 Å². The van der Waals surface area contributed by atoms with Gasteiger partial charge in [0.15, 0.2) is 5.82 Å². The summed E-state index contributed by atoms with van der Waals surface area (Å²) in [7, 11) is 0. The fourth-order valence-corrected chi connectivity index (χ4v) is 5.11. The van der Waals surface area contributed by atoms with Gasteiger partial charge in [-0.15, -0.1) is 21.5 Å². The van der Waals surface area contributed by atoms with E-state index in [4.69, 9.17) is 27.9 Å². The summed E-state index contributed by atoms with van der Waals surface area (Å²) in [5, 5.41) is 20.0. The highest BCUT2D eigenvalue weighted by atomic mass is 35.5. The minimum absolute atomic E-state index is 0.292. The van der Waals surface area contributed by atoms with Crippen LogP contribution in [0.2, 0.25) is 10.0 Å². The normalized spacial score (nSPS) is 16.2. The highest BCUT2D eigenvalue weighted by Gasteiger charge is 2.32. The molecule has 28 heavy (non-hydrogen) atoms. The maximum Gasteiger partial charge on any atom is 0.171 e. The Morgan fingerprint density at radius 3 is 2.82 bits per heavy atom. The number of hydrogen-bond acceptors (Lipinski definition) is 6. The molecule has 9 heteroatoms. The molecule has 0 atom stereocenters. The molecule has 1 N–H and O–H groups in total. The molecule has 0 aliphatic carbocycles. The number of halogens is 2. The molecule has 3 heterocycles. The van der Waals surface area contributed by atoms with Gasteiger partial charge in [0.1, 0.15) is 17.4 Å². The number of nitriles is 1. The van der Waals surface area contributed by atoms with Gasteiger partial charge in [-0.25, -0.2) is 0 Å². The highest BCUT2D eigenvalue weighted by molar-refractivity contribution is 7.20. The second-order valence-corrected chi connectivity index (χ2v) is 8.93. The molecular formula is C19H17Cl2N5OS. The molecule has 0 unspecified atom stereocenters. The number of ether oxygens (including phenoxy) is 1. The predicted octanol–water partition coefficient (Wildman–Crippen LogP) is 4.99. The zero-order valence-corrected chi connectivity index (χ0v) is 17.6. The molecule has 4 rings (SSSR count). The molecule has 6 nitrogen and oxygen atoms in total. The smallest absolute Gasteiger partial charge is 0.171 e. The summed E-state index contributed by atoms with van der Waals surface area (Å²) in [6.45, 7) is 6.10. The molecule has 0 amide bonds. The Morgan fingerprint density at radius 2 is 2.18 bits per heavy atom. The van der Waals surface area contributed by atoms with Crippen LogP contribution in [0.5, 0.6) is 0 Å². The summed E-state index contributed by atoms with van der Waals surface area (Å²) in [5.74, 6) is 0.598. The maximum absolute atomic E-state index is 10.1. The van der Waals surface area contributed by atoms with E-state index in [0.29, 0.717) is 41.1 Å². The van der Waals surface area contributed by atoms with Crippen molar-refractivity contribution in [1.82, 2.24) is 15.2 Å². The standard InChI is InChI=1S/C19H17Cl2N5OS/c1-19(2)9-26(5-6-27-19)18-13(8-22)15(12-4-3-11(20)7-14(12)21)16(28-18)17-23-10-24-25-17/h3-4,7,10H,5-6,9H2,1-2H3,(H,23,24,25). The molecule has 1 aliphatic heterocycles. The number of anilines is 1. The molecule has 0 spiro atoms. The first kappa shape index (κ1) is 19.2. The van der Waals surface area contributed by atoms with Crippen LogP contribution in [0, 0.1) is 11.3 Å². The highest BCUT2D eigenvalue weighted by Crippen LogP contribution is 2.48. The second-order valence-electron chi connectivity index (χ2n) is 7.09. The number of aromatic amines is 1. The van der Waals surface area contributed by atoms with Crippen molar-refractivity contribution in [3.63, 3.8) is 0 Å². The van der Waals surface area contributed by atoms with Crippen LogP contribution < -0.4 is 4.90 Å². The van der Waals surface area contributed by atoms with E-state index in [0.717, 1.165) is 21.0 Å². The van der Waals surface area contributed by atoms with Crippen molar-refractivity contribution in [2.24, 2.45) is 0 Å². The number of benzene rings is 1. The average Bonchev–Trinajstić information content (AvgIpc) is 3.28. The Kier molecular flexibility index (Phi) is 5.06. The van der Waals surface area contributed by atoms with E-state index < -0.39 is 0 Å². The lowest BCUT2D eigenvalue weighted by molar-refractivity contribution is -0.0275. The molecule has 3 aromatic rings. The van der Waals surface area contributed by atoms with Crippen molar-refractivity contribution < 1.29 is 4.74 Å². The van der Waals surface area contributed by atoms with Crippen LogP contribution in [0.3, 0.4) is 0 Å². The van der Waals surface area contributed by atoms with Crippen LogP contribution in [0.4, 0.5) is 5.00 Å². The lowest BCUT2D eigenvalue weighted by Gasteiger charge is -2.38. The monoisotopic (exact) mass is 433 g/mol. The van der Waals surface area contributed by atoms with Gasteiger partial charge in [-0.1, -0.05) is 29.3 Å². The van der Waals surface area contributed by atoms with Crippen molar-refractivity contribution in [2.75, 3.05) is 24.6 Å². The molecule has 1 aliphatic rings. The number of nitrogens with one attached hydrogen (secondary N) is 1. The van der Waals surface area contributed by atoms with Crippen LogP contribution in [-0.4, -0.2) is 40.5 Å². The summed E-state index contributed by atoms with van der Waals surface area (Å²) in [5.41, 5.74) is 1.76. The topological polar surface area (TPSA) is 77.8 Å². The van der Waals surface area contributed by atoms with Crippen molar-refractivity contribution >= 4 is 39.5 Å². The SMILES string of the molecule is CC1(C)CN(c2sc(-c3nnc[nH]3)c(-c3ccc(Cl)cc3Cl)c2C#N)CCO1. The summed E-state index contributed by atoms with van der Waals surface area (Å²) in [6, 6.07) is 7.67. The number of rotatable bonds is 3. The first-order chi connectivity index (χ1) is 13.4. The van der Waals surface area contributed by atoms with Crippen LogP contribution in [-0.2, 0) is 4.74 Å². The van der Waals surface area contributed by atoms with Crippen LogP contribution in [0.25, 0.3) is 21.8 Å². The lowest BCUT2D eigenvalue weighted by atomic mass is 10.0. The van der Waals surface area contributed by atoms with E-state index in [9.17, 15) is 5.26 Å². The first-order valence-corrected chi connectivity index (χ1v) is 10.2. The molecule has 1 aromatic carbocycles. The van der Waals surface area contributed by atoms with E-state index >= 15 is 0 Å². The second kappa shape index (κ2) is 7.37. The van der Waals surface area contributed by atoms with Crippen molar-refractivity contribution in [3.05, 3.63) is 40.1 Å². The molecule has 2 aromatic heterocycles. The minimum atomic E-state index is -0.292. The molecule has 1 fully saturated rings. The molecule has 0 bridgehead atoms. The van der Waals surface area contributed by atoms with Crippen LogP contribution in [0.15, 0.2) is 24.5 Å². The van der Waals surface area contributed by atoms with Gasteiger partial charge in [-0.05, 0) is 26.0 Å². The van der Waals surface area contributed by atoms with Gasteiger partial charge in [0, 0.05) is 34.3 Å². The zero-order chi connectivity index (χ0) is 19.9. The number of nitrogens with zero attached hydrogens (tertiary/aromatic N) is 4. The zero-order valence-electron chi connectivity index (χ0n) is 15.3. The summed E-state index contributed by atoms with van der Waals surface area (Å²) in [4.78, 5) is 6.06. The van der Waals surface area contributed by atoms with Crippen LogP contribution in [0.1, 0.15) is 19.4 Å². The van der Waals surface area contributed by atoms with E-state index in [-0.39, 0.29) is 5.60 Å². The summed E-state index contributed by atoms with van der Waals surface area (Å²) in [6.07, 6.45) is 1.52. The Morgan fingerprint density at radius 1 is 1.36 bits per heavy atom. The Balaban J connectivity index is 1.94. The molecule has 0 saturated carbocycles. The molecule has 1 saturated heterocycles. The van der Waals surface area contributed by atoms with Gasteiger partial charge >= 0.3 is 0 Å². The Bertz CT molecular complexity index is 1060. The van der Waals surface area contributed by atoms with Crippen molar-refractivity contribution in [2.45, 2.75) is 19.4 Å². The van der Waals surface area contributed by atoms with E-state index in [1.807, 2.05) is 19.9 Å². The first-order valence-electron chi connectivity index (χ1n) is 8.67. The largest absolute Gasteiger partial charge is 0.372 e. The van der Waals surface area contributed by atoms with Gasteiger partial charge in [-0.2, -0.15) is 5.26 Å². The summed E-state index contributed by atoms with van der Waals surface area (Å²) >= 11 is 14.1. The van der Waals surface area contributed by atoms with E-state index in [1.165, 1.54) is 17.7 Å². The summed E-state index contributed by atoms with van der Waals surface area (Å²) < 4.78 is 5.83. The average molecular weight is 434 g/mol. The van der Waals surface area contributed by atoms with Gasteiger partial charge in [-0.3, -0.25) is 0 Å². The van der Waals surface area contributed by atoms with Gasteiger partial charge in [0.05, 0.1) is 22.6 Å². The lowest BCUT2D eigenvalue weighted by Crippen LogP contribution is -2.48. The third-order valence-electron chi connectivity index (χ3n) is 4.55. The third-order valence-corrected chi connectivity index (χ3v) is 6.35.